The molecule has 1 rings (SSSR count). The Morgan fingerprint density at radius 2 is 2.35 bits per heavy atom. The first-order valence-corrected chi connectivity index (χ1v) is 6.25. The van der Waals surface area contributed by atoms with E-state index in [1.807, 2.05) is 22.6 Å². The standard InChI is InChI=1S/C12H12FIN2O/c1-2-3-4-5-6-11(17)16-12-10(14)7-9(13)8-15-12/h1,7-8H,3-6H2,(H,15,16,17). The van der Waals surface area contributed by atoms with Gasteiger partial charge in [-0.2, -0.15) is 0 Å². The topological polar surface area (TPSA) is 42.0 Å². The second-order valence-corrected chi connectivity index (χ2v) is 4.61. The lowest BCUT2D eigenvalue weighted by Crippen LogP contribution is -2.13. The Balaban J connectivity index is 2.43. The van der Waals surface area contributed by atoms with Gasteiger partial charge in [0.05, 0.1) is 9.77 Å². The van der Waals surface area contributed by atoms with Crippen molar-refractivity contribution in [2.24, 2.45) is 0 Å². The highest BCUT2D eigenvalue weighted by Gasteiger charge is 2.07. The maximum atomic E-state index is 12.8. The third-order valence-electron chi connectivity index (χ3n) is 2.04. The number of carbonyl (C=O) groups excluding carboxylic acids is 1. The first-order chi connectivity index (χ1) is 8.13. The lowest BCUT2D eigenvalue weighted by Gasteiger charge is -2.05. The molecule has 1 aromatic heterocycles. The molecule has 1 heterocycles. The molecule has 3 nitrogen and oxygen atoms in total. The number of terminal acetylenes is 1. The molecule has 90 valence electrons. The summed E-state index contributed by atoms with van der Waals surface area (Å²) in [5.41, 5.74) is 0. The summed E-state index contributed by atoms with van der Waals surface area (Å²) in [6.45, 7) is 0. The Labute approximate surface area is 113 Å². The van der Waals surface area contributed by atoms with Gasteiger partial charge in [0.15, 0.2) is 0 Å². The van der Waals surface area contributed by atoms with Gasteiger partial charge in [0.2, 0.25) is 5.91 Å². The number of halogens is 2. The number of anilines is 1. The van der Waals surface area contributed by atoms with Crippen molar-refractivity contribution < 1.29 is 9.18 Å². The first kappa shape index (κ1) is 13.9. The van der Waals surface area contributed by atoms with Crippen molar-refractivity contribution in [1.82, 2.24) is 4.98 Å². The van der Waals surface area contributed by atoms with Gasteiger partial charge in [-0.3, -0.25) is 4.79 Å². The average molecular weight is 346 g/mol. The van der Waals surface area contributed by atoms with Crippen LogP contribution >= 0.6 is 22.6 Å². The zero-order chi connectivity index (χ0) is 12.7. The summed E-state index contributed by atoms with van der Waals surface area (Å²) < 4.78 is 13.4. The fraction of sp³-hybridized carbons (Fsp3) is 0.333. The third-order valence-corrected chi connectivity index (χ3v) is 2.86. The lowest BCUT2D eigenvalue weighted by atomic mass is 10.2. The van der Waals surface area contributed by atoms with Crippen LogP contribution in [0.4, 0.5) is 10.2 Å². The quantitative estimate of drug-likeness (QED) is 0.506. The van der Waals surface area contributed by atoms with E-state index >= 15 is 0 Å². The zero-order valence-electron chi connectivity index (χ0n) is 9.17. The number of nitrogens with one attached hydrogen (secondary N) is 1. The predicted molar refractivity (Wildman–Crippen MR) is 72.8 cm³/mol. The molecule has 0 unspecified atom stereocenters. The number of hydrogen-bond donors (Lipinski definition) is 1. The van der Waals surface area contributed by atoms with Crippen LogP contribution in [0.1, 0.15) is 25.7 Å². The van der Waals surface area contributed by atoms with Crippen molar-refractivity contribution in [3.63, 3.8) is 0 Å². The van der Waals surface area contributed by atoms with E-state index in [2.05, 4.69) is 16.2 Å². The van der Waals surface area contributed by atoms with Gasteiger partial charge in [-0.15, -0.1) is 12.3 Å². The molecule has 0 aliphatic heterocycles. The van der Waals surface area contributed by atoms with Gasteiger partial charge in [0, 0.05) is 12.8 Å². The Morgan fingerprint density at radius 1 is 1.59 bits per heavy atom. The molecule has 0 saturated heterocycles. The molecule has 5 heteroatoms. The normalized spacial score (nSPS) is 9.71. The minimum absolute atomic E-state index is 0.126. The van der Waals surface area contributed by atoms with E-state index in [0.29, 0.717) is 22.2 Å². The van der Waals surface area contributed by atoms with Crippen LogP contribution in [0.2, 0.25) is 0 Å². The van der Waals surface area contributed by atoms with E-state index in [1.54, 1.807) is 0 Å². The molecule has 1 aromatic rings. The molecule has 0 fully saturated rings. The van der Waals surface area contributed by atoms with Gasteiger partial charge in [0.1, 0.15) is 11.6 Å². The largest absolute Gasteiger partial charge is 0.310 e. The van der Waals surface area contributed by atoms with E-state index in [-0.39, 0.29) is 5.91 Å². The third kappa shape index (κ3) is 5.13. The van der Waals surface area contributed by atoms with E-state index in [4.69, 9.17) is 6.42 Å². The highest BCUT2D eigenvalue weighted by Crippen LogP contribution is 2.16. The molecule has 1 N–H and O–H groups in total. The summed E-state index contributed by atoms with van der Waals surface area (Å²) >= 11 is 1.93. The van der Waals surface area contributed by atoms with E-state index in [9.17, 15) is 9.18 Å². The molecule has 1 amide bonds. The summed E-state index contributed by atoms with van der Waals surface area (Å²) in [6, 6.07) is 1.32. The second kappa shape index (κ2) is 7.22. The molecular weight excluding hydrogens is 334 g/mol. The van der Waals surface area contributed by atoms with Crippen LogP contribution in [-0.2, 0) is 4.79 Å². The van der Waals surface area contributed by atoms with Crippen molar-refractivity contribution in [3.8, 4) is 12.3 Å². The van der Waals surface area contributed by atoms with Crippen molar-refractivity contribution in [2.45, 2.75) is 25.7 Å². The Bertz CT molecular complexity index is 443. The van der Waals surface area contributed by atoms with Gasteiger partial charge in [-0.05, 0) is 41.5 Å². The van der Waals surface area contributed by atoms with Crippen LogP contribution < -0.4 is 5.32 Å². The predicted octanol–water partition coefficient (Wildman–Crippen LogP) is 2.96. The zero-order valence-corrected chi connectivity index (χ0v) is 11.3. The number of carbonyl (C=O) groups is 1. The molecule has 0 atom stereocenters. The summed E-state index contributed by atoms with van der Waals surface area (Å²) in [6.07, 6.45) is 8.84. The number of unbranched alkanes of at least 4 members (excludes halogenated alkanes) is 2. The van der Waals surface area contributed by atoms with Crippen LogP contribution in [-0.4, -0.2) is 10.9 Å². The summed E-state index contributed by atoms with van der Waals surface area (Å²) in [5, 5.41) is 2.64. The van der Waals surface area contributed by atoms with E-state index < -0.39 is 5.82 Å². The van der Waals surface area contributed by atoms with Crippen LogP contribution in [0.5, 0.6) is 0 Å². The number of aromatic nitrogens is 1. The van der Waals surface area contributed by atoms with Crippen LogP contribution in [0.25, 0.3) is 0 Å². The SMILES string of the molecule is C#CCCCCC(=O)Nc1ncc(F)cc1I. The van der Waals surface area contributed by atoms with Crippen molar-refractivity contribution >= 4 is 34.3 Å². The fourth-order valence-corrected chi connectivity index (χ4v) is 1.79. The molecule has 0 spiro atoms. The Morgan fingerprint density at radius 3 is 3.00 bits per heavy atom. The minimum Gasteiger partial charge on any atom is -0.310 e. The maximum Gasteiger partial charge on any atom is 0.225 e. The molecule has 0 aromatic carbocycles. The van der Waals surface area contributed by atoms with Crippen LogP contribution in [0.3, 0.4) is 0 Å². The van der Waals surface area contributed by atoms with Crippen molar-refractivity contribution in [2.75, 3.05) is 5.32 Å². The summed E-state index contributed by atoms with van der Waals surface area (Å²) in [5.74, 6) is 2.38. The van der Waals surface area contributed by atoms with Gasteiger partial charge < -0.3 is 5.32 Å². The Hall–Kier alpha value is -1.16. The molecule has 0 aliphatic carbocycles. The number of amides is 1. The van der Waals surface area contributed by atoms with Crippen molar-refractivity contribution in [1.29, 1.82) is 0 Å². The maximum absolute atomic E-state index is 12.8. The molecular formula is C12H12FIN2O. The lowest BCUT2D eigenvalue weighted by molar-refractivity contribution is -0.116. The number of nitrogens with zero attached hydrogens (tertiary/aromatic N) is 1. The van der Waals surface area contributed by atoms with Crippen LogP contribution in [0.15, 0.2) is 12.3 Å². The Kier molecular flexibility index (Phi) is 5.91. The molecule has 17 heavy (non-hydrogen) atoms. The summed E-state index contributed by atoms with van der Waals surface area (Å²) in [7, 11) is 0. The van der Waals surface area contributed by atoms with Gasteiger partial charge in [-0.1, -0.05) is 0 Å². The average Bonchev–Trinajstić information content (AvgIpc) is 2.28. The molecule has 0 radical (unpaired) electrons. The highest BCUT2D eigenvalue weighted by atomic mass is 127. The van der Waals surface area contributed by atoms with E-state index in [0.717, 1.165) is 19.0 Å². The fourth-order valence-electron chi connectivity index (χ4n) is 1.21. The van der Waals surface area contributed by atoms with Gasteiger partial charge in [-0.25, -0.2) is 9.37 Å². The first-order valence-electron chi connectivity index (χ1n) is 5.18. The molecule has 0 aliphatic rings. The van der Waals surface area contributed by atoms with Crippen molar-refractivity contribution in [3.05, 3.63) is 21.7 Å². The number of pyridine rings is 1. The smallest absolute Gasteiger partial charge is 0.225 e. The highest BCUT2D eigenvalue weighted by molar-refractivity contribution is 14.1. The monoisotopic (exact) mass is 346 g/mol. The summed E-state index contributed by atoms with van der Waals surface area (Å²) in [4.78, 5) is 15.3. The second-order valence-electron chi connectivity index (χ2n) is 3.44. The minimum atomic E-state index is -0.415. The van der Waals surface area contributed by atoms with Gasteiger partial charge in [0.25, 0.3) is 0 Å². The molecule has 0 bridgehead atoms. The number of hydrogen-bond acceptors (Lipinski definition) is 2. The number of rotatable bonds is 5. The molecule has 0 saturated carbocycles. The van der Waals surface area contributed by atoms with E-state index in [1.165, 1.54) is 6.07 Å². The van der Waals surface area contributed by atoms with Crippen LogP contribution in [0, 0.1) is 21.7 Å². The van der Waals surface area contributed by atoms with Gasteiger partial charge >= 0.3 is 0 Å².